The first kappa shape index (κ1) is 17.7. The number of ether oxygens (including phenoxy) is 1. The number of aromatic nitrogens is 1. The van der Waals surface area contributed by atoms with Crippen molar-refractivity contribution in [1.82, 2.24) is 14.8 Å². The van der Waals surface area contributed by atoms with Crippen molar-refractivity contribution >= 4 is 17.9 Å². The van der Waals surface area contributed by atoms with Crippen LogP contribution in [0.4, 0.5) is 0 Å². The molecular weight excluding hydrogens is 330 g/mol. The highest BCUT2D eigenvalue weighted by atomic mass is 16.5. The van der Waals surface area contributed by atoms with E-state index in [1.165, 1.54) is 0 Å². The van der Waals surface area contributed by atoms with Crippen molar-refractivity contribution in [2.24, 2.45) is 0 Å². The zero-order valence-electron chi connectivity index (χ0n) is 14.7. The van der Waals surface area contributed by atoms with Crippen LogP contribution in [0.25, 0.3) is 6.08 Å². The molecule has 0 saturated carbocycles. The first-order valence-electron chi connectivity index (χ1n) is 8.48. The molecule has 1 aliphatic rings. The fourth-order valence-corrected chi connectivity index (χ4v) is 2.82. The Morgan fingerprint density at radius 1 is 1.08 bits per heavy atom. The van der Waals surface area contributed by atoms with E-state index in [0.29, 0.717) is 31.7 Å². The van der Waals surface area contributed by atoms with Crippen molar-refractivity contribution in [2.45, 2.75) is 0 Å². The predicted molar refractivity (Wildman–Crippen MR) is 98.7 cm³/mol. The van der Waals surface area contributed by atoms with Crippen LogP contribution in [0.2, 0.25) is 0 Å². The van der Waals surface area contributed by atoms with E-state index in [2.05, 4.69) is 4.98 Å². The van der Waals surface area contributed by atoms with Gasteiger partial charge in [-0.1, -0.05) is 12.1 Å². The SMILES string of the molecule is COc1cccc(/C=C/C(=O)N2CCN(C(=O)c3cccnc3)CC2)c1. The van der Waals surface area contributed by atoms with Gasteiger partial charge in [-0.2, -0.15) is 0 Å². The molecule has 0 radical (unpaired) electrons. The molecule has 1 saturated heterocycles. The molecule has 26 heavy (non-hydrogen) atoms. The van der Waals surface area contributed by atoms with E-state index in [0.717, 1.165) is 11.3 Å². The number of piperazine rings is 1. The van der Waals surface area contributed by atoms with Crippen LogP contribution < -0.4 is 4.74 Å². The monoisotopic (exact) mass is 351 g/mol. The molecule has 2 heterocycles. The highest BCUT2D eigenvalue weighted by molar-refractivity contribution is 5.94. The van der Waals surface area contributed by atoms with E-state index in [9.17, 15) is 9.59 Å². The quantitative estimate of drug-likeness (QED) is 0.792. The summed E-state index contributed by atoms with van der Waals surface area (Å²) < 4.78 is 5.18. The van der Waals surface area contributed by atoms with Gasteiger partial charge in [0.05, 0.1) is 12.7 Å². The number of amides is 2. The molecule has 2 amide bonds. The lowest BCUT2D eigenvalue weighted by molar-refractivity contribution is -0.127. The summed E-state index contributed by atoms with van der Waals surface area (Å²) in [7, 11) is 1.61. The van der Waals surface area contributed by atoms with Gasteiger partial charge in [-0.25, -0.2) is 0 Å². The van der Waals surface area contributed by atoms with Gasteiger partial charge < -0.3 is 14.5 Å². The highest BCUT2D eigenvalue weighted by Gasteiger charge is 2.23. The minimum absolute atomic E-state index is 0.0443. The van der Waals surface area contributed by atoms with Crippen molar-refractivity contribution in [1.29, 1.82) is 0 Å². The molecule has 0 atom stereocenters. The van der Waals surface area contributed by atoms with E-state index in [-0.39, 0.29) is 11.8 Å². The van der Waals surface area contributed by atoms with E-state index in [1.807, 2.05) is 24.3 Å². The zero-order chi connectivity index (χ0) is 18.4. The second-order valence-electron chi connectivity index (χ2n) is 5.97. The molecule has 0 N–H and O–H groups in total. The molecule has 0 spiro atoms. The first-order valence-corrected chi connectivity index (χ1v) is 8.48. The summed E-state index contributed by atoms with van der Waals surface area (Å²) >= 11 is 0. The molecule has 3 rings (SSSR count). The molecule has 2 aromatic rings. The summed E-state index contributed by atoms with van der Waals surface area (Å²) in [6.07, 6.45) is 6.55. The van der Waals surface area contributed by atoms with Gasteiger partial charge >= 0.3 is 0 Å². The number of carbonyl (C=O) groups excluding carboxylic acids is 2. The number of pyridine rings is 1. The molecule has 0 aliphatic carbocycles. The average molecular weight is 351 g/mol. The summed E-state index contributed by atoms with van der Waals surface area (Å²) in [6.45, 7) is 2.08. The van der Waals surface area contributed by atoms with Crippen LogP contribution in [0, 0.1) is 0 Å². The Balaban J connectivity index is 1.55. The molecule has 6 nitrogen and oxygen atoms in total. The van der Waals surface area contributed by atoms with Crippen molar-refractivity contribution in [3.05, 3.63) is 66.0 Å². The summed E-state index contributed by atoms with van der Waals surface area (Å²) in [6, 6.07) is 11.0. The molecule has 1 aliphatic heterocycles. The summed E-state index contributed by atoms with van der Waals surface area (Å²) in [5, 5.41) is 0. The van der Waals surface area contributed by atoms with Crippen LogP contribution in [0.15, 0.2) is 54.9 Å². The molecule has 6 heteroatoms. The minimum atomic E-state index is -0.0544. The van der Waals surface area contributed by atoms with Crippen LogP contribution in [-0.4, -0.2) is 59.9 Å². The van der Waals surface area contributed by atoms with Crippen LogP contribution in [-0.2, 0) is 4.79 Å². The number of hydrogen-bond acceptors (Lipinski definition) is 4. The van der Waals surface area contributed by atoms with Gasteiger partial charge in [-0.05, 0) is 35.9 Å². The van der Waals surface area contributed by atoms with Gasteiger partial charge in [0.15, 0.2) is 0 Å². The van der Waals surface area contributed by atoms with Gasteiger partial charge in [0.1, 0.15) is 5.75 Å². The average Bonchev–Trinajstić information content (AvgIpc) is 2.72. The maximum atomic E-state index is 12.4. The molecule has 1 fully saturated rings. The smallest absolute Gasteiger partial charge is 0.255 e. The van der Waals surface area contributed by atoms with Crippen LogP contribution in [0.5, 0.6) is 5.75 Å². The van der Waals surface area contributed by atoms with E-state index >= 15 is 0 Å². The standard InChI is InChI=1S/C20H21N3O3/c1-26-18-6-2-4-16(14-18)7-8-19(24)22-10-12-23(13-11-22)20(25)17-5-3-9-21-15-17/h2-9,14-15H,10-13H2,1H3/b8-7+. The number of methoxy groups -OCH3 is 1. The third-order valence-electron chi connectivity index (χ3n) is 4.30. The Bertz CT molecular complexity index is 797. The Labute approximate surface area is 152 Å². The number of carbonyl (C=O) groups is 2. The zero-order valence-corrected chi connectivity index (χ0v) is 14.7. The van der Waals surface area contributed by atoms with Gasteiger partial charge in [-0.3, -0.25) is 14.6 Å². The third kappa shape index (κ3) is 4.27. The summed E-state index contributed by atoms with van der Waals surface area (Å²) in [4.78, 5) is 32.3. The third-order valence-corrected chi connectivity index (χ3v) is 4.30. The normalized spacial score (nSPS) is 14.5. The molecular formula is C20H21N3O3. The number of hydrogen-bond donors (Lipinski definition) is 0. The molecule has 1 aromatic heterocycles. The number of nitrogens with zero attached hydrogens (tertiary/aromatic N) is 3. The fraction of sp³-hybridized carbons (Fsp3) is 0.250. The van der Waals surface area contributed by atoms with Crippen LogP contribution >= 0.6 is 0 Å². The Hall–Kier alpha value is -3.15. The summed E-state index contributed by atoms with van der Waals surface area (Å²) in [5.41, 5.74) is 1.48. The molecule has 0 bridgehead atoms. The highest BCUT2D eigenvalue weighted by Crippen LogP contribution is 2.14. The maximum Gasteiger partial charge on any atom is 0.255 e. The second kappa shape index (κ2) is 8.29. The summed E-state index contributed by atoms with van der Waals surface area (Å²) in [5.74, 6) is 0.653. The van der Waals surface area contributed by atoms with Gasteiger partial charge in [0.2, 0.25) is 5.91 Å². The Morgan fingerprint density at radius 3 is 2.54 bits per heavy atom. The lowest BCUT2D eigenvalue weighted by atomic mass is 10.2. The van der Waals surface area contributed by atoms with Gasteiger partial charge in [0, 0.05) is 44.6 Å². The largest absolute Gasteiger partial charge is 0.497 e. The molecule has 134 valence electrons. The maximum absolute atomic E-state index is 12.4. The topological polar surface area (TPSA) is 62.7 Å². The van der Waals surface area contributed by atoms with Crippen LogP contribution in [0.1, 0.15) is 15.9 Å². The Morgan fingerprint density at radius 2 is 1.85 bits per heavy atom. The van der Waals surface area contributed by atoms with E-state index in [1.54, 1.807) is 53.6 Å². The Kier molecular flexibility index (Phi) is 5.63. The van der Waals surface area contributed by atoms with E-state index < -0.39 is 0 Å². The van der Waals surface area contributed by atoms with Gasteiger partial charge in [0.25, 0.3) is 5.91 Å². The van der Waals surface area contributed by atoms with Gasteiger partial charge in [-0.15, -0.1) is 0 Å². The first-order chi connectivity index (χ1) is 12.7. The minimum Gasteiger partial charge on any atom is -0.497 e. The number of rotatable bonds is 4. The van der Waals surface area contributed by atoms with E-state index in [4.69, 9.17) is 4.74 Å². The predicted octanol–water partition coefficient (Wildman–Crippen LogP) is 2.09. The van der Waals surface area contributed by atoms with Crippen LogP contribution in [0.3, 0.4) is 0 Å². The molecule has 0 unspecified atom stereocenters. The van der Waals surface area contributed by atoms with Crippen molar-refractivity contribution in [3.63, 3.8) is 0 Å². The molecule has 1 aromatic carbocycles. The lowest BCUT2D eigenvalue weighted by Gasteiger charge is -2.34. The second-order valence-corrected chi connectivity index (χ2v) is 5.97. The van der Waals surface area contributed by atoms with Crippen molar-refractivity contribution in [3.8, 4) is 5.75 Å². The number of benzene rings is 1. The van der Waals surface area contributed by atoms with Crippen molar-refractivity contribution < 1.29 is 14.3 Å². The fourth-order valence-electron chi connectivity index (χ4n) is 2.82. The lowest BCUT2D eigenvalue weighted by Crippen LogP contribution is -2.50. The van der Waals surface area contributed by atoms with Crippen molar-refractivity contribution in [2.75, 3.05) is 33.3 Å².